The molecule has 0 aromatic heterocycles. The van der Waals surface area contributed by atoms with Crippen molar-refractivity contribution in [3.8, 4) is 0 Å². The molecule has 0 bridgehead atoms. The van der Waals surface area contributed by atoms with Gasteiger partial charge in [0.15, 0.2) is 0 Å². The summed E-state index contributed by atoms with van der Waals surface area (Å²) in [7, 11) is 2.42. The molecule has 0 heterocycles. The second kappa shape index (κ2) is 7.36. The highest BCUT2D eigenvalue weighted by molar-refractivity contribution is 6.60. The highest BCUT2D eigenvalue weighted by Crippen LogP contribution is 2.13. The van der Waals surface area contributed by atoms with Gasteiger partial charge in [-0.25, -0.2) is 0 Å². The van der Waals surface area contributed by atoms with Gasteiger partial charge in [-0.1, -0.05) is 6.92 Å². The fraction of sp³-hybridized carbons (Fsp3) is 1.00. The Balaban J connectivity index is 3.82. The van der Waals surface area contributed by atoms with E-state index in [-0.39, 0.29) is 6.10 Å². The Bertz CT molecular complexity index is 131. The Kier molecular flexibility index (Phi) is 7.39. The van der Waals surface area contributed by atoms with Gasteiger partial charge in [0.2, 0.25) is 0 Å². The van der Waals surface area contributed by atoms with Crippen molar-refractivity contribution >= 4 is 8.80 Å². The Morgan fingerprint density at radius 3 is 1.93 bits per heavy atom. The third kappa shape index (κ3) is 4.52. The molecular formula is C9H22O4Si. The van der Waals surface area contributed by atoms with Crippen molar-refractivity contribution in [1.29, 1.82) is 0 Å². The van der Waals surface area contributed by atoms with E-state index in [4.69, 9.17) is 18.0 Å². The van der Waals surface area contributed by atoms with Crippen molar-refractivity contribution in [3.05, 3.63) is 0 Å². The van der Waals surface area contributed by atoms with Crippen LogP contribution in [0.15, 0.2) is 0 Å². The molecule has 0 fully saturated rings. The molecule has 14 heavy (non-hydrogen) atoms. The molecule has 5 heteroatoms. The number of rotatable bonds is 8. The highest BCUT2D eigenvalue weighted by Gasteiger charge is 2.37. The second-order valence-electron chi connectivity index (χ2n) is 3.14. The first kappa shape index (κ1) is 14.1. The lowest BCUT2D eigenvalue weighted by Gasteiger charge is -2.24. The Morgan fingerprint density at radius 2 is 1.57 bits per heavy atom. The summed E-state index contributed by atoms with van der Waals surface area (Å²) in [6.45, 7) is 4.77. The SMILES string of the molecule is CCC(C)OCC[Si](OC)(OC)OC. The van der Waals surface area contributed by atoms with Gasteiger partial charge in [0.25, 0.3) is 0 Å². The van der Waals surface area contributed by atoms with Crippen molar-refractivity contribution in [3.63, 3.8) is 0 Å². The Hall–Kier alpha value is 0.0569. The standard InChI is InChI=1S/C9H22O4Si/c1-6-9(2)13-7-8-14(10-3,11-4)12-5/h9H,6-8H2,1-5H3. The van der Waals surface area contributed by atoms with Crippen molar-refractivity contribution in [2.75, 3.05) is 27.9 Å². The molecular weight excluding hydrogens is 200 g/mol. The maximum atomic E-state index is 5.55. The average Bonchev–Trinajstić information content (AvgIpc) is 2.25. The molecule has 0 aliphatic carbocycles. The molecule has 0 saturated carbocycles. The van der Waals surface area contributed by atoms with Crippen LogP contribution in [0.5, 0.6) is 0 Å². The van der Waals surface area contributed by atoms with Crippen LogP contribution in [0.1, 0.15) is 20.3 Å². The van der Waals surface area contributed by atoms with E-state index in [0.29, 0.717) is 12.7 Å². The highest BCUT2D eigenvalue weighted by atomic mass is 28.4. The lowest BCUT2D eigenvalue weighted by atomic mass is 10.3. The summed E-state index contributed by atoms with van der Waals surface area (Å²) < 4.78 is 21.3. The van der Waals surface area contributed by atoms with E-state index >= 15 is 0 Å². The van der Waals surface area contributed by atoms with Crippen molar-refractivity contribution in [2.45, 2.75) is 32.4 Å². The van der Waals surface area contributed by atoms with Gasteiger partial charge < -0.3 is 18.0 Å². The maximum Gasteiger partial charge on any atom is 0.502 e. The predicted octanol–water partition coefficient (Wildman–Crippen LogP) is 1.68. The molecule has 0 aliphatic heterocycles. The molecule has 0 radical (unpaired) electrons. The number of hydrogen-bond donors (Lipinski definition) is 0. The zero-order valence-electron chi connectivity index (χ0n) is 9.83. The minimum absolute atomic E-state index is 0.285. The summed E-state index contributed by atoms with van der Waals surface area (Å²) in [4.78, 5) is 0. The first-order valence-electron chi connectivity index (χ1n) is 4.91. The molecule has 0 aromatic rings. The molecule has 0 amide bonds. The van der Waals surface area contributed by atoms with Crippen LogP contribution in [0.4, 0.5) is 0 Å². The van der Waals surface area contributed by atoms with Gasteiger partial charge in [-0.3, -0.25) is 0 Å². The first-order chi connectivity index (χ1) is 6.64. The molecule has 0 aliphatic rings. The van der Waals surface area contributed by atoms with Crippen molar-refractivity contribution in [1.82, 2.24) is 0 Å². The van der Waals surface area contributed by atoms with E-state index in [1.165, 1.54) is 0 Å². The van der Waals surface area contributed by atoms with Gasteiger partial charge in [-0.2, -0.15) is 0 Å². The summed E-state index contributed by atoms with van der Waals surface area (Å²) in [5, 5.41) is 0. The minimum atomic E-state index is -2.42. The third-order valence-corrected chi connectivity index (χ3v) is 5.00. The lowest BCUT2D eigenvalue weighted by Crippen LogP contribution is -2.43. The van der Waals surface area contributed by atoms with Crippen molar-refractivity contribution in [2.24, 2.45) is 0 Å². The van der Waals surface area contributed by atoms with Crippen LogP contribution in [-0.2, 0) is 18.0 Å². The minimum Gasteiger partial charge on any atom is -0.379 e. The van der Waals surface area contributed by atoms with Gasteiger partial charge in [-0.05, 0) is 13.3 Å². The lowest BCUT2D eigenvalue weighted by molar-refractivity contribution is 0.0555. The van der Waals surface area contributed by atoms with E-state index in [2.05, 4.69) is 13.8 Å². The van der Waals surface area contributed by atoms with Crippen LogP contribution in [0.2, 0.25) is 6.04 Å². The largest absolute Gasteiger partial charge is 0.502 e. The summed E-state index contributed by atoms with van der Waals surface area (Å²) in [6.07, 6.45) is 1.30. The quantitative estimate of drug-likeness (QED) is 0.586. The van der Waals surface area contributed by atoms with Gasteiger partial charge in [0, 0.05) is 27.4 Å². The fourth-order valence-corrected chi connectivity index (χ4v) is 2.54. The fourth-order valence-electron chi connectivity index (χ4n) is 1.06. The summed E-state index contributed by atoms with van der Waals surface area (Å²) >= 11 is 0. The van der Waals surface area contributed by atoms with E-state index < -0.39 is 8.80 Å². The van der Waals surface area contributed by atoms with Crippen LogP contribution in [0.3, 0.4) is 0 Å². The van der Waals surface area contributed by atoms with Crippen LogP contribution in [0, 0.1) is 0 Å². The maximum absolute atomic E-state index is 5.55. The van der Waals surface area contributed by atoms with E-state index in [9.17, 15) is 0 Å². The van der Waals surface area contributed by atoms with Crippen molar-refractivity contribution < 1.29 is 18.0 Å². The van der Waals surface area contributed by atoms with Crippen LogP contribution in [-0.4, -0.2) is 42.8 Å². The van der Waals surface area contributed by atoms with E-state index in [1.807, 2.05) is 0 Å². The van der Waals surface area contributed by atoms with Crippen LogP contribution < -0.4 is 0 Å². The van der Waals surface area contributed by atoms with Crippen LogP contribution >= 0.6 is 0 Å². The van der Waals surface area contributed by atoms with E-state index in [0.717, 1.165) is 6.42 Å². The predicted molar refractivity (Wildman–Crippen MR) is 57.3 cm³/mol. The summed E-state index contributed by atoms with van der Waals surface area (Å²) in [5.74, 6) is 0. The number of hydrogen-bond acceptors (Lipinski definition) is 4. The zero-order valence-corrected chi connectivity index (χ0v) is 10.8. The third-order valence-electron chi connectivity index (χ3n) is 2.32. The van der Waals surface area contributed by atoms with Gasteiger partial charge in [0.1, 0.15) is 0 Å². The molecule has 0 saturated heterocycles. The van der Waals surface area contributed by atoms with Gasteiger partial charge >= 0.3 is 8.80 Å². The van der Waals surface area contributed by atoms with Crippen LogP contribution in [0.25, 0.3) is 0 Å². The van der Waals surface area contributed by atoms with E-state index in [1.54, 1.807) is 21.3 Å². The summed E-state index contributed by atoms with van der Waals surface area (Å²) in [6, 6.07) is 0.695. The molecule has 0 N–H and O–H groups in total. The molecule has 86 valence electrons. The molecule has 1 atom stereocenters. The smallest absolute Gasteiger partial charge is 0.379 e. The zero-order chi connectivity index (χ0) is 11.0. The average molecular weight is 222 g/mol. The second-order valence-corrected chi connectivity index (χ2v) is 6.23. The Labute approximate surface area is 87.9 Å². The molecule has 0 spiro atoms. The topological polar surface area (TPSA) is 36.9 Å². The normalized spacial score (nSPS) is 14.4. The molecule has 1 unspecified atom stereocenters. The molecule has 4 nitrogen and oxygen atoms in total. The first-order valence-corrected chi connectivity index (χ1v) is 6.84. The summed E-state index contributed by atoms with van der Waals surface area (Å²) in [5.41, 5.74) is 0. The Morgan fingerprint density at radius 1 is 1.07 bits per heavy atom. The molecule has 0 aromatic carbocycles. The van der Waals surface area contributed by atoms with Gasteiger partial charge in [-0.15, -0.1) is 0 Å². The monoisotopic (exact) mass is 222 g/mol. The molecule has 0 rings (SSSR count). The van der Waals surface area contributed by atoms with Gasteiger partial charge in [0.05, 0.1) is 12.7 Å². The number of ether oxygens (including phenoxy) is 1.